The Balaban J connectivity index is 1.78. The fraction of sp³-hybridized carbons (Fsp3) is 0.588. The molecule has 124 valence electrons. The van der Waals surface area contributed by atoms with Gasteiger partial charge in [0.15, 0.2) is 11.6 Å². The molecular weight excluding hydrogens is 294 g/mol. The van der Waals surface area contributed by atoms with E-state index in [2.05, 4.69) is 15.5 Å². The van der Waals surface area contributed by atoms with Crippen molar-refractivity contribution in [2.75, 3.05) is 0 Å². The van der Waals surface area contributed by atoms with Gasteiger partial charge in [-0.1, -0.05) is 32.9 Å². The molecule has 2 aromatic heterocycles. The zero-order valence-corrected chi connectivity index (χ0v) is 14.0. The Morgan fingerprint density at radius 1 is 1.30 bits per heavy atom. The van der Waals surface area contributed by atoms with Crippen molar-refractivity contribution in [3.63, 3.8) is 0 Å². The van der Waals surface area contributed by atoms with Crippen LogP contribution in [0.15, 0.2) is 21.3 Å². The second-order valence-electron chi connectivity index (χ2n) is 6.82. The highest BCUT2D eigenvalue weighted by molar-refractivity contribution is 5.93. The van der Waals surface area contributed by atoms with Crippen molar-refractivity contribution in [1.29, 1.82) is 0 Å². The topological polar surface area (TPSA) is 81.2 Å². The molecule has 0 saturated heterocycles. The normalized spacial score (nSPS) is 16.1. The molecule has 0 bridgehead atoms. The standard InChI is InChI=1S/C17H23N3O3/c1-9(2)12-7-8-22-14(12)16(21)18-13(10(3)4)17-19-15(20-23-17)11-5-6-11/h7-11,13H,5-6H2,1-4H3,(H,18,21). The molecule has 1 N–H and O–H groups in total. The zero-order valence-electron chi connectivity index (χ0n) is 14.0. The van der Waals surface area contributed by atoms with Gasteiger partial charge in [-0.25, -0.2) is 0 Å². The predicted molar refractivity (Wildman–Crippen MR) is 84.1 cm³/mol. The fourth-order valence-corrected chi connectivity index (χ4v) is 2.56. The van der Waals surface area contributed by atoms with Gasteiger partial charge in [0.25, 0.3) is 5.91 Å². The third-order valence-corrected chi connectivity index (χ3v) is 4.14. The summed E-state index contributed by atoms with van der Waals surface area (Å²) in [6, 6.07) is 1.51. The molecule has 6 nitrogen and oxygen atoms in total. The number of rotatable bonds is 6. The first-order valence-corrected chi connectivity index (χ1v) is 8.19. The van der Waals surface area contributed by atoms with E-state index in [0.29, 0.717) is 17.6 Å². The fourth-order valence-electron chi connectivity index (χ4n) is 2.56. The van der Waals surface area contributed by atoms with E-state index in [4.69, 9.17) is 8.94 Å². The largest absolute Gasteiger partial charge is 0.459 e. The van der Waals surface area contributed by atoms with Crippen molar-refractivity contribution < 1.29 is 13.7 Å². The van der Waals surface area contributed by atoms with E-state index in [1.165, 1.54) is 0 Å². The van der Waals surface area contributed by atoms with Crippen LogP contribution in [0.3, 0.4) is 0 Å². The van der Waals surface area contributed by atoms with Gasteiger partial charge in [0.05, 0.1) is 6.26 Å². The Hall–Kier alpha value is -2.11. The summed E-state index contributed by atoms with van der Waals surface area (Å²) in [5.74, 6) is 2.10. The number of hydrogen-bond donors (Lipinski definition) is 1. The van der Waals surface area contributed by atoms with Crippen LogP contribution in [0.1, 0.15) is 86.2 Å². The highest BCUT2D eigenvalue weighted by Gasteiger charge is 2.32. The van der Waals surface area contributed by atoms with Crippen LogP contribution in [0.2, 0.25) is 0 Å². The van der Waals surface area contributed by atoms with Gasteiger partial charge in [-0.15, -0.1) is 0 Å². The van der Waals surface area contributed by atoms with E-state index in [1.54, 1.807) is 6.26 Å². The molecule has 2 aromatic rings. The van der Waals surface area contributed by atoms with Crippen LogP contribution in [-0.4, -0.2) is 16.0 Å². The van der Waals surface area contributed by atoms with Crippen molar-refractivity contribution in [3.8, 4) is 0 Å². The lowest BCUT2D eigenvalue weighted by Crippen LogP contribution is -2.32. The van der Waals surface area contributed by atoms with Gasteiger partial charge in [0.1, 0.15) is 6.04 Å². The Kier molecular flexibility index (Phi) is 4.24. The maximum absolute atomic E-state index is 12.6. The SMILES string of the molecule is CC(C)c1ccoc1C(=O)NC(c1nc(C2CC2)no1)C(C)C. The first kappa shape index (κ1) is 15.8. The quantitative estimate of drug-likeness (QED) is 0.876. The summed E-state index contributed by atoms with van der Waals surface area (Å²) in [5, 5.41) is 7.01. The summed E-state index contributed by atoms with van der Waals surface area (Å²) in [5.41, 5.74) is 0.897. The van der Waals surface area contributed by atoms with E-state index in [1.807, 2.05) is 33.8 Å². The number of aromatic nitrogens is 2. The predicted octanol–water partition coefficient (Wildman–Crippen LogP) is 3.79. The maximum Gasteiger partial charge on any atom is 0.287 e. The molecule has 0 spiro atoms. The summed E-state index contributed by atoms with van der Waals surface area (Å²) in [6.07, 6.45) is 3.77. The van der Waals surface area contributed by atoms with E-state index in [0.717, 1.165) is 24.2 Å². The molecule has 1 atom stereocenters. The van der Waals surface area contributed by atoms with E-state index in [-0.39, 0.29) is 23.8 Å². The number of amides is 1. The van der Waals surface area contributed by atoms with Crippen molar-refractivity contribution in [2.45, 2.75) is 58.4 Å². The average molecular weight is 317 g/mol. The van der Waals surface area contributed by atoms with E-state index in [9.17, 15) is 4.79 Å². The molecule has 1 saturated carbocycles. The van der Waals surface area contributed by atoms with Gasteiger partial charge >= 0.3 is 0 Å². The summed E-state index contributed by atoms with van der Waals surface area (Å²) in [4.78, 5) is 17.0. The Morgan fingerprint density at radius 2 is 2.04 bits per heavy atom. The maximum atomic E-state index is 12.6. The minimum atomic E-state index is -0.326. The first-order valence-electron chi connectivity index (χ1n) is 8.19. The number of furan rings is 1. The van der Waals surface area contributed by atoms with Crippen molar-refractivity contribution in [3.05, 3.63) is 35.4 Å². The first-order chi connectivity index (χ1) is 11.0. The molecule has 1 aliphatic carbocycles. The minimum absolute atomic E-state index is 0.129. The third-order valence-electron chi connectivity index (χ3n) is 4.14. The summed E-state index contributed by atoms with van der Waals surface area (Å²) >= 11 is 0. The van der Waals surface area contributed by atoms with Gasteiger partial charge in [-0.05, 0) is 30.7 Å². The highest BCUT2D eigenvalue weighted by Crippen LogP contribution is 2.38. The third kappa shape index (κ3) is 3.30. The van der Waals surface area contributed by atoms with Gasteiger partial charge in [-0.2, -0.15) is 4.98 Å². The number of nitrogens with zero attached hydrogens (tertiary/aromatic N) is 2. The van der Waals surface area contributed by atoms with Crippen LogP contribution < -0.4 is 5.32 Å². The monoisotopic (exact) mass is 317 g/mol. The molecule has 0 aliphatic heterocycles. The second kappa shape index (κ2) is 6.18. The lowest BCUT2D eigenvalue weighted by atomic mass is 10.0. The smallest absolute Gasteiger partial charge is 0.287 e. The van der Waals surface area contributed by atoms with Gasteiger partial charge in [0, 0.05) is 11.5 Å². The molecule has 1 aliphatic rings. The molecule has 1 unspecified atom stereocenters. The van der Waals surface area contributed by atoms with Crippen molar-refractivity contribution in [2.24, 2.45) is 5.92 Å². The van der Waals surface area contributed by atoms with Gasteiger partial charge < -0.3 is 14.3 Å². The van der Waals surface area contributed by atoms with Gasteiger partial charge in [-0.3, -0.25) is 4.79 Å². The van der Waals surface area contributed by atoms with Crippen LogP contribution in [0.4, 0.5) is 0 Å². The Morgan fingerprint density at radius 3 is 2.65 bits per heavy atom. The lowest BCUT2D eigenvalue weighted by molar-refractivity contribution is 0.0884. The Bertz CT molecular complexity index is 683. The van der Waals surface area contributed by atoms with E-state index >= 15 is 0 Å². The van der Waals surface area contributed by atoms with Crippen molar-refractivity contribution >= 4 is 5.91 Å². The Labute approximate surface area is 135 Å². The number of carbonyl (C=O) groups is 1. The minimum Gasteiger partial charge on any atom is -0.459 e. The van der Waals surface area contributed by atoms with Gasteiger partial charge in [0.2, 0.25) is 5.89 Å². The van der Waals surface area contributed by atoms with Crippen LogP contribution >= 0.6 is 0 Å². The summed E-state index contributed by atoms with van der Waals surface area (Å²) in [6.45, 7) is 8.08. The van der Waals surface area contributed by atoms with Crippen LogP contribution in [0, 0.1) is 5.92 Å². The molecular formula is C17H23N3O3. The molecule has 3 rings (SSSR count). The molecule has 2 heterocycles. The highest BCUT2D eigenvalue weighted by atomic mass is 16.5. The number of hydrogen-bond acceptors (Lipinski definition) is 5. The molecule has 1 fully saturated rings. The second-order valence-corrected chi connectivity index (χ2v) is 6.82. The van der Waals surface area contributed by atoms with E-state index < -0.39 is 0 Å². The van der Waals surface area contributed by atoms with Crippen LogP contribution in [0.25, 0.3) is 0 Å². The summed E-state index contributed by atoms with van der Waals surface area (Å²) in [7, 11) is 0. The van der Waals surface area contributed by atoms with Crippen molar-refractivity contribution in [1.82, 2.24) is 15.5 Å². The summed E-state index contributed by atoms with van der Waals surface area (Å²) < 4.78 is 10.8. The van der Waals surface area contributed by atoms with Crippen LogP contribution in [0.5, 0.6) is 0 Å². The molecule has 6 heteroatoms. The lowest BCUT2D eigenvalue weighted by Gasteiger charge is -2.18. The van der Waals surface area contributed by atoms with Crippen LogP contribution in [-0.2, 0) is 0 Å². The average Bonchev–Trinajstić information content (AvgIpc) is 3.03. The molecule has 0 aromatic carbocycles. The number of carbonyl (C=O) groups excluding carboxylic acids is 1. The molecule has 23 heavy (non-hydrogen) atoms. The number of nitrogens with one attached hydrogen (secondary N) is 1. The zero-order chi connectivity index (χ0) is 16.6. The molecule has 0 radical (unpaired) electrons. The molecule has 1 amide bonds.